The highest BCUT2D eigenvalue weighted by Crippen LogP contribution is 2.36. The normalized spacial score (nSPS) is 19.5. The van der Waals surface area contributed by atoms with Crippen LogP contribution in [0.25, 0.3) is 0 Å². The third kappa shape index (κ3) is 2.04. The number of nitrogens with two attached hydrogens (primary N) is 1. The summed E-state index contributed by atoms with van der Waals surface area (Å²) >= 11 is 0. The minimum absolute atomic E-state index is 0.263. The van der Waals surface area contributed by atoms with Gasteiger partial charge in [-0.15, -0.1) is 0 Å². The standard InChI is InChI=1S/C13H20N2O2/c1-15(2)11-5-3-10(4-6-11)13(8-17-9-13)12(16)7-14/h3-6,12,16H,7-9,14H2,1-2H3. The Hall–Kier alpha value is -1.10. The van der Waals surface area contributed by atoms with Crippen LogP contribution in [0, 0.1) is 0 Å². The summed E-state index contributed by atoms with van der Waals surface area (Å²) < 4.78 is 5.27. The van der Waals surface area contributed by atoms with Crippen LogP contribution in [0.5, 0.6) is 0 Å². The fraction of sp³-hybridized carbons (Fsp3) is 0.538. The average molecular weight is 236 g/mol. The van der Waals surface area contributed by atoms with Gasteiger partial charge in [0, 0.05) is 26.3 Å². The Kier molecular flexibility index (Phi) is 3.38. The van der Waals surface area contributed by atoms with Crippen molar-refractivity contribution in [2.75, 3.05) is 38.8 Å². The number of benzene rings is 1. The maximum atomic E-state index is 10.0. The zero-order valence-corrected chi connectivity index (χ0v) is 10.4. The van der Waals surface area contributed by atoms with Gasteiger partial charge in [0.2, 0.25) is 0 Å². The smallest absolute Gasteiger partial charge is 0.0803 e. The summed E-state index contributed by atoms with van der Waals surface area (Å²) in [6.07, 6.45) is -0.540. The molecular formula is C13H20N2O2. The van der Waals surface area contributed by atoms with E-state index < -0.39 is 6.10 Å². The number of hydrogen-bond acceptors (Lipinski definition) is 4. The lowest BCUT2D eigenvalue weighted by Crippen LogP contribution is -2.57. The Morgan fingerprint density at radius 2 is 1.94 bits per heavy atom. The van der Waals surface area contributed by atoms with E-state index >= 15 is 0 Å². The van der Waals surface area contributed by atoms with E-state index in [-0.39, 0.29) is 12.0 Å². The third-order valence-corrected chi connectivity index (χ3v) is 3.54. The summed E-state index contributed by atoms with van der Waals surface area (Å²) in [5.41, 5.74) is 7.51. The molecule has 4 nitrogen and oxygen atoms in total. The number of hydrogen-bond donors (Lipinski definition) is 2. The molecule has 1 heterocycles. The Labute approximate surface area is 102 Å². The molecule has 1 saturated heterocycles. The molecule has 0 amide bonds. The van der Waals surface area contributed by atoms with Gasteiger partial charge in [-0.2, -0.15) is 0 Å². The van der Waals surface area contributed by atoms with Gasteiger partial charge in [-0.25, -0.2) is 0 Å². The zero-order valence-electron chi connectivity index (χ0n) is 10.4. The molecule has 3 N–H and O–H groups in total. The fourth-order valence-corrected chi connectivity index (χ4v) is 2.19. The molecule has 4 heteroatoms. The van der Waals surface area contributed by atoms with Crippen molar-refractivity contribution >= 4 is 5.69 Å². The first kappa shape index (κ1) is 12.4. The SMILES string of the molecule is CN(C)c1ccc(C2(C(O)CN)COC2)cc1. The first-order valence-corrected chi connectivity index (χ1v) is 5.84. The summed E-state index contributed by atoms with van der Waals surface area (Å²) in [5.74, 6) is 0. The van der Waals surface area contributed by atoms with Gasteiger partial charge in [-0.1, -0.05) is 12.1 Å². The number of aliphatic hydroxyl groups excluding tert-OH is 1. The van der Waals surface area contributed by atoms with Crippen LogP contribution in [0.3, 0.4) is 0 Å². The molecule has 0 aromatic heterocycles. The predicted molar refractivity (Wildman–Crippen MR) is 68.3 cm³/mol. The molecule has 17 heavy (non-hydrogen) atoms. The second kappa shape index (κ2) is 4.64. The summed E-state index contributed by atoms with van der Waals surface area (Å²) in [5, 5.41) is 10.0. The van der Waals surface area contributed by atoms with E-state index in [0.29, 0.717) is 13.2 Å². The quantitative estimate of drug-likeness (QED) is 0.791. The minimum Gasteiger partial charge on any atom is -0.391 e. The molecule has 1 aliphatic heterocycles. The van der Waals surface area contributed by atoms with E-state index in [0.717, 1.165) is 11.3 Å². The molecule has 1 atom stereocenters. The van der Waals surface area contributed by atoms with Crippen LogP contribution < -0.4 is 10.6 Å². The van der Waals surface area contributed by atoms with E-state index in [1.807, 2.05) is 19.0 Å². The maximum absolute atomic E-state index is 10.0. The topological polar surface area (TPSA) is 58.7 Å². The second-order valence-electron chi connectivity index (χ2n) is 4.84. The lowest BCUT2D eigenvalue weighted by molar-refractivity contribution is -0.116. The summed E-state index contributed by atoms with van der Waals surface area (Å²) in [4.78, 5) is 2.05. The van der Waals surface area contributed by atoms with E-state index in [2.05, 4.69) is 24.3 Å². The Balaban J connectivity index is 2.26. The number of ether oxygens (including phenoxy) is 1. The van der Waals surface area contributed by atoms with Gasteiger partial charge in [0.1, 0.15) is 0 Å². The predicted octanol–water partition coefficient (Wildman–Crippen LogP) is 0.340. The van der Waals surface area contributed by atoms with E-state index in [9.17, 15) is 5.11 Å². The molecule has 1 fully saturated rings. The van der Waals surface area contributed by atoms with Gasteiger partial charge in [0.15, 0.2) is 0 Å². The molecular weight excluding hydrogens is 216 g/mol. The molecule has 1 aromatic rings. The highest BCUT2D eigenvalue weighted by Gasteiger charge is 2.46. The Morgan fingerprint density at radius 3 is 2.29 bits per heavy atom. The Morgan fingerprint density at radius 1 is 1.35 bits per heavy atom. The van der Waals surface area contributed by atoms with Crippen molar-refractivity contribution in [2.45, 2.75) is 11.5 Å². The van der Waals surface area contributed by atoms with Crippen molar-refractivity contribution in [3.8, 4) is 0 Å². The largest absolute Gasteiger partial charge is 0.391 e. The van der Waals surface area contributed by atoms with Crippen molar-refractivity contribution < 1.29 is 9.84 Å². The molecule has 0 radical (unpaired) electrons. The highest BCUT2D eigenvalue weighted by atomic mass is 16.5. The molecule has 0 bridgehead atoms. The van der Waals surface area contributed by atoms with Gasteiger partial charge < -0.3 is 20.5 Å². The van der Waals surface area contributed by atoms with Crippen molar-refractivity contribution in [1.82, 2.24) is 0 Å². The van der Waals surface area contributed by atoms with Gasteiger partial charge >= 0.3 is 0 Å². The summed E-state index contributed by atoms with van der Waals surface area (Å²) in [7, 11) is 4.01. The van der Waals surface area contributed by atoms with Crippen molar-refractivity contribution in [1.29, 1.82) is 0 Å². The molecule has 0 spiro atoms. The van der Waals surface area contributed by atoms with E-state index in [1.165, 1.54) is 0 Å². The summed E-state index contributed by atoms with van der Waals surface area (Å²) in [6.45, 7) is 1.36. The van der Waals surface area contributed by atoms with Crippen LogP contribution in [-0.2, 0) is 10.2 Å². The van der Waals surface area contributed by atoms with Crippen LogP contribution in [0.2, 0.25) is 0 Å². The van der Waals surface area contributed by atoms with Crippen molar-refractivity contribution in [3.63, 3.8) is 0 Å². The first-order chi connectivity index (χ1) is 8.10. The summed E-state index contributed by atoms with van der Waals surface area (Å²) in [6, 6.07) is 8.21. The maximum Gasteiger partial charge on any atom is 0.0803 e. The fourth-order valence-electron chi connectivity index (χ4n) is 2.19. The lowest BCUT2D eigenvalue weighted by Gasteiger charge is -2.45. The van der Waals surface area contributed by atoms with Crippen molar-refractivity contribution in [2.24, 2.45) is 5.73 Å². The zero-order chi connectivity index (χ0) is 12.5. The molecule has 1 aromatic carbocycles. The Bertz CT molecular complexity index is 372. The second-order valence-corrected chi connectivity index (χ2v) is 4.84. The minimum atomic E-state index is -0.540. The van der Waals surface area contributed by atoms with Gasteiger partial charge in [0.05, 0.1) is 24.7 Å². The van der Waals surface area contributed by atoms with E-state index in [4.69, 9.17) is 10.5 Å². The number of nitrogens with zero attached hydrogens (tertiary/aromatic N) is 1. The molecule has 2 rings (SSSR count). The van der Waals surface area contributed by atoms with E-state index in [1.54, 1.807) is 0 Å². The lowest BCUT2D eigenvalue weighted by atomic mass is 9.74. The molecule has 94 valence electrons. The van der Waals surface area contributed by atoms with Crippen LogP contribution in [0.1, 0.15) is 5.56 Å². The van der Waals surface area contributed by atoms with Gasteiger partial charge in [0.25, 0.3) is 0 Å². The highest BCUT2D eigenvalue weighted by molar-refractivity contribution is 5.48. The van der Waals surface area contributed by atoms with Crippen LogP contribution >= 0.6 is 0 Å². The van der Waals surface area contributed by atoms with Crippen LogP contribution in [0.15, 0.2) is 24.3 Å². The van der Waals surface area contributed by atoms with Gasteiger partial charge in [-0.3, -0.25) is 0 Å². The molecule has 1 unspecified atom stereocenters. The third-order valence-electron chi connectivity index (χ3n) is 3.54. The molecule has 0 saturated carbocycles. The van der Waals surface area contributed by atoms with Crippen LogP contribution in [0.4, 0.5) is 5.69 Å². The average Bonchev–Trinajstić information content (AvgIpc) is 2.28. The number of anilines is 1. The molecule has 1 aliphatic rings. The van der Waals surface area contributed by atoms with Gasteiger partial charge in [-0.05, 0) is 17.7 Å². The van der Waals surface area contributed by atoms with Crippen molar-refractivity contribution in [3.05, 3.63) is 29.8 Å². The number of aliphatic hydroxyl groups is 1. The monoisotopic (exact) mass is 236 g/mol. The first-order valence-electron chi connectivity index (χ1n) is 5.84. The van der Waals surface area contributed by atoms with Crippen LogP contribution in [-0.4, -0.2) is 45.1 Å². The molecule has 0 aliphatic carbocycles. The number of rotatable bonds is 4.